The molecule has 1 heterocycles. The van der Waals surface area contributed by atoms with E-state index in [-0.39, 0.29) is 0 Å². The van der Waals surface area contributed by atoms with Crippen molar-refractivity contribution in [1.82, 2.24) is 15.5 Å². The zero-order chi connectivity index (χ0) is 21.1. The summed E-state index contributed by atoms with van der Waals surface area (Å²) in [5.41, 5.74) is 1.07. The molecule has 2 aromatic rings. The second-order valence-electron chi connectivity index (χ2n) is 7.48. The lowest BCUT2D eigenvalue weighted by molar-refractivity contribution is 0.0621. The Morgan fingerprint density at radius 1 is 1.21 bits per heavy atom. The van der Waals surface area contributed by atoms with Crippen LogP contribution in [-0.4, -0.2) is 56.3 Å². The fourth-order valence-electron chi connectivity index (χ4n) is 2.70. The molecule has 0 bridgehead atoms. The van der Waals surface area contributed by atoms with Gasteiger partial charge in [-0.1, -0.05) is 12.1 Å². The molecular weight excluding hydrogens is 384 g/mol. The summed E-state index contributed by atoms with van der Waals surface area (Å²) >= 11 is 1.58. The second-order valence-corrected chi connectivity index (χ2v) is 8.26. The number of nitrogens with zero attached hydrogens (tertiary/aromatic N) is 2. The highest BCUT2D eigenvalue weighted by molar-refractivity contribution is 7.08. The van der Waals surface area contributed by atoms with E-state index >= 15 is 0 Å². The molecule has 0 radical (unpaired) electrons. The van der Waals surface area contributed by atoms with Crippen LogP contribution in [0.4, 0.5) is 0 Å². The van der Waals surface area contributed by atoms with Crippen LogP contribution in [0.2, 0.25) is 0 Å². The molecule has 0 saturated carbocycles. The van der Waals surface area contributed by atoms with Gasteiger partial charge in [-0.3, -0.25) is 0 Å². The third-order valence-corrected chi connectivity index (χ3v) is 5.13. The van der Waals surface area contributed by atoms with Gasteiger partial charge in [0.2, 0.25) is 0 Å². The summed E-state index contributed by atoms with van der Waals surface area (Å²) in [4.78, 5) is 6.79. The molecular formula is C22H34N4O2S. The summed E-state index contributed by atoms with van der Waals surface area (Å²) in [7, 11) is 4.13. The van der Waals surface area contributed by atoms with Crippen molar-refractivity contribution in [3.8, 4) is 5.75 Å². The van der Waals surface area contributed by atoms with E-state index in [1.807, 2.05) is 54.9 Å². The number of thiophene rings is 1. The maximum atomic E-state index is 10.7. The van der Waals surface area contributed by atoms with Gasteiger partial charge < -0.3 is 25.4 Å². The first-order valence-electron chi connectivity index (χ1n) is 10.0. The standard InChI is InChI=1S/C22H34N4O2S/c1-5-23-21(25-17-22(2,27)19-11-14-29-16-19)24-15-18-7-9-20(10-8-18)28-13-6-12-26(3)4/h7-11,14,16,27H,5-6,12-13,15,17H2,1-4H3,(H2,23,24,25). The minimum atomic E-state index is -0.943. The van der Waals surface area contributed by atoms with E-state index in [9.17, 15) is 5.11 Å². The smallest absolute Gasteiger partial charge is 0.191 e. The van der Waals surface area contributed by atoms with E-state index in [0.29, 0.717) is 25.7 Å². The SMILES string of the molecule is CCNC(=NCc1ccc(OCCCN(C)C)cc1)NCC(C)(O)c1ccsc1. The first kappa shape index (κ1) is 23.2. The third kappa shape index (κ3) is 8.43. The number of benzene rings is 1. The summed E-state index contributed by atoms with van der Waals surface area (Å²) < 4.78 is 5.77. The van der Waals surface area contributed by atoms with Crippen LogP contribution >= 0.6 is 11.3 Å². The zero-order valence-corrected chi connectivity index (χ0v) is 18.8. The summed E-state index contributed by atoms with van der Waals surface area (Å²) in [5.74, 6) is 1.57. The first-order valence-corrected chi connectivity index (χ1v) is 11.0. The monoisotopic (exact) mass is 418 g/mol. The van der Waals surface area contributed by atoms with Crippen molar-refractivity contribution < 1.29 is 9.84 Å². The molecule has 29 heavy (non-hydrogen) atoms. The number of rotatable bonds is 11. The van der Waals surface area contributed by atoms with Crippen LogP contribution in [0.25, 0.3) is 0 Å². The number of nitrogens with one attached hydrogen (secondary N) is 2. The van der Waals surface area contributed by atoms with Gasteiger partial charge in [0.1, 0.15) is 11.4 Å². The average molecular weight is 419 g/mol. The van der Waals surface area contributed by atoms with Crippen LogP contribution in [0.5, 0.6) is 5.75 Å². The Balaban J connectivity index is 1.85. The molecule has 0 aliphatic carbocycles. The fraction of sp³-hybridized carbons (Fsp3) is 0.500. The highest BCUT2D eigenvalue weighted by atomic mass is 32.1. The van der Waals surface area contributed by atoms with Gasteiger partial charge in [0.15, 0.2) is 5.96 Å². The van der Waals surface area contributed by atoms with Crippen molar-refractivity contribution in [2.24, 2.45) is 4.99 Å². The predicted molar refractivity (Wildman–Crippen MR) is 122 cm³/mol. The molecule has 160 valence electrons. The molecule has 1 unspecified atom stereocenters. The molecule has 6 nitrogen and oxygen atoms in total. The van der Waals surface area contributed by atoms with E-state index in [2.05, 4.69) is 34.6 Å². The van der Waals surface area contributed by atoms with Crippen molar-refractivity contribution in [3.63, 3.8) is 0 Å². The van der Waals surface area contributed by atoms with Gasteiger partial charge in [-0.25, -0.2) is 4.99 Å². The molecule has 0 saturated heterocycles. The largest absolute Gasteiger partial charge is 0.494 e. The Kier molecular flexibility index (Phi) is 9.44. The van der Waals surface area contributed by atoms with E-state index in [1.165, 1.54) is 0 Å². The van der Waals surface area contributed by atoms with E-state index in [1.54, 1.807) is 11.3 Å². The van der Waals surface area contributed by atoms with Gasteiger partial charge in [-0.2, -0.15) is 11.3 Å². The summed E-state index contributed by atoms with van der Waals surface area (Å²) in [5, 5.41) is 21.1. The number of aliphatic hydroxyl groups is 1. The normalized spacial score (nSPS) is 13.9. The van der Waals surface area contributed by atoms with Crippen LogP contribution in [-0.2, 0) is 12.1 Å². The lowest BCUT2D eigenvalue weighted by atomic mass is 9.99. The molecule has 0 fully saturated rings. The first-order chi connectivity index (χ1) is 13.9. The van der Waals surface area contributed by atoms with Crippen LogP contribution < -0.4 is 15.4 Å². The van der Waals surface area contributed by atoms with E-state index in [0.717, 1.165) is 36.4 Å². The van der Waals surface area contributed by atoms with Gasteiger partial charge in [0.25, 0.3) is 0 Å². The predicted octanol–water partition coefficient (Wildman–Crippen LogP) is 3.04. The lowest BCUT2D eigenvalue weighted by Crippen LogP contribution is -2.44. The van der Waals surface area contributed by atoms with Crippen molar-refractivity contribution in [2.75, 3.05) is 40.3 Å². The molecule has 3 N–H and O–H groups in total. The van der Waals surface area contributed by atoms with Crippen molar-refractivity contribution in [1.29, 1.82) is 0 Å². The third-order valence-electron chi connectivity index (χ3n) is 4.45. The van der Waals surface area contributed by atoms with Crippen LogP contribution in [0.15, 0.2) is 46.1 Å². The lowest BCUT2D eigenvalue weighted by Gasteiger charge is -2.24. The Morgan fingerprint density at radius 3 is 2.59 bits per heavy atom. The van der Waals surface area contributed by atoms with Crippen LogP contribution in [0, 0.1) is 0 Å². The number of hydrogen-bond donors (Lipinski definition) is 3. The van der Waals surface area contributed by atoms with E-state index < -0.39 is 5.60 Å². The fourth-order valence-corrected chi connectivity index (χ4v) is 3.49. The highest BCUT2D eigenvalue weighted by Crippen LogP contribution is 2.22. The Bertz CT molecular complexity index is 728. The van der Waals surface area contributed by atoms with Crippen molar-refractivity contribution in [3.05, 3.63) is 52.2 Å². The molecule has 2 rings (SSSR count). The van der Waals surface area contributed by atoms with Crippen molar-refractivity contribution >= 4 is 17.3 Å². The molecule has 1 atom stereocenters. The maximum Gasteiger partial charge on any atom is 0.191 e. The molecule has 1 aromatic carbocycles. The van der Waals surface area contributed by atoms with Gasteiger partial charge in [-0.15, -0.1) is 0 Å². The summed E-state index contributed by atoms with van der Waals surface area (Å²) in [6.07, 6.45) is 1.01. The maximum absolute atomic E-state index is 10.7. The number of aliphatic imine (C=N–C) groups is 1. The highest BCUT2D eigenvalue weighted by Gasteiger charge is 2.23. The minimum absolute atomic E-state index is 0.384. The Labute approximate surface area is 178 Å². The molecule has 1 aromatic heterocycles. The zero-order valence-electron chi connectivity index (χ0n) is 17.9. The average Bonchev–Trinajstić information content (AvgIpc) is 3.24. The molecule has 0 amide bonds. The topological polar surface area (TPSA) is 69.1 Å². The Hall–Kier alpha value is -2.09. The van der Waals surface area contributed by atoms with Gasteiger partial charge in [0.05, 0.1) is 19.7 Å². The Morgan fingerprint density at radius 2 is 1.97 bits per heavy atom. The van der Waals surface area contributed by atoms with Gasteiger partial charge in [0, 0.05) is 13.1 Å². The van der Waals surface area contributed by atoms with Gasteiger partial charge in [-0.05, 0) is 74.4 Å². The van der Waals surface area contributed by atoms with Crippen molar-refractivity contribution in [2.45, 2.75) is 32.4 Å². The van der Waals surface area contributed by atoms with Crippen LogP contribution in [0.3, 0.4) is 0 Å². The number of ether oxygens (including phenoxy) is 1. The number of hydrogen-bond acceptors (Lipinski definition) is 5. The minimum Gasteiger partial charge on any atom is -0.494 e. The summed E-state index contributed by atoms with van der Waals surface area (Å²) in [6.45, 7) is 7.26. The molecule has 0 spiro atoms. The molecule has 0 aliphatic rings. The quantitative estimate of drug-likeness (QED) is 0.297. The molecule has 7 heteroatoms. The second kappa shape index (κ2) is 11.8. The van der Waals surface area contributed by atoms with E-state index in [4.69, 9.17) is 4.74 Å². The van der Waals surface area contributed by atoms with Gasteiger partial charge >= 0.3 is 0 Å². The molecule has 0 aliphatic heterocycles. The summed E-state index contributed by atoms with van der Waals surface area (Å²) in [6, 6.07) is 10.00. The number of guanidine groups is 1. The van der Waals surface area contributed by atoms with Crippen LogP contribution in [0.1, 0.15) is 31.4 Å².